The Hall–Kier alpha value is -1.62. The van der Waals surface area contributed by atoms with E-state index in [4.69, 9.17) is 11.6 Å². The largest absolute Gasteiger partial charge is 0.481 e. The lowest BCUT2D eigenvalue weighted by Gasteiger charge is -2.19. The molecule has 0 saturated heterocycles. The Morgan fingerprint density at radius 1 is 1.59 bits per heavy atom. The molecule has 0 aromatic carbocycles. The van der Waals surface area contributed by atoms with E-state index in [2.05, 4.69) is 10.1 Å². The lowest BCUT2D eigenvalue weighted by Crippen LogP contribution is -2.31. The fourth-order valence-electron chi connectivity index (χ4n) is 1.57. The molecule has 0 bridgehead atoms. The van der Waals surface area contributed by atoms with Crippen LogP contribution in [0.1, 0.15) is 26.0 Å². The highest BCUT2D eigenvalue weighted by atomic mass is 35.5. The molecule has 90 valence electrons. The van der Waals surface area contributed by atoms with E-state index in [1.54, 1.807) is 25.3 Å². The number of halogens is 1. The predicted octanol–water partition coefficient (Wildman–Crippen LogP) is 2.13. The summed E-state index contributed by atoms with van der Waals surface area (Å²) in [7, 11) is 0. The first-order valence-electron chi connectivity index (χ1n) is 5.23. The van der Waals surface area contributed by atoms with Crippen LogP contribution in [0.15, 0.2) is 18.3 Å². The van der Waals surface area contributed by atoms with E-state index in [-0.39, 0.29) is 0 Å². The number of imidazole rings is 1. The number of fused-ring (bicyclic) bond motifs is 1. The molecule has 0 spiro atoms. The Balaban J connectivity index is 2.59. The minimum atomic E-state index is -1.000. The van der Waals surface area contributed by atoms with Crippen LogP contribution in [0.25, 0.3) is 5.65 Å². The van der Waals surface area contributed by atoms with Gasteiger partial charge in [0.2, 0.25) is 0 Å². The van der Waals surface area contributed by atoms with Gasteiger partial charge >= 0.3 is 5.97 Å². The molecular weight excluding hydrogens is 242 g/mol. The van der Waals surface area contributed by atoms with Gasteiger partial charge in [0.1, 0.15) is 10.6 Å². The van der Waals surface area contributed by atoms with E-state index < -0.39 is 11.4 Å². The smallest absolute Gasteiger partial charge is 0.315 e. The highest BCUT2D eigenvalue weighted by Gasteiger charge is 2.35. The van der Waals surface area contributed by atoms with Crippen molar-refractivity contribution in [2.45, 2.75) is 25.7 Å². The lowest BCUT2D eigenvalue weighted by molar-refractivity contribution is -0.143. The second kappa shape index (κ2) is 4.00. The Kier molecular flexibility index (Phi) is 2.79. The highest BCUT2D eigenvalue weighted by Crippen LogP contribution is 2.27. The first-order chi connectivity index (χ1) is 7.97. The minimum Gasteiger partial charge on any atom is -0.481 e. The normalized spacial score (nSPS) is 14.8. The summed E-state index contributed by atoms with van der Waals surface area (Å²) in [6, 6.07) is 3.33. The van der Waals surface area contributed by atoms with Crippen LogP contribution >= 0.6 is 11.6 Å². The van der Waals surface area contributed by atoms with Gasteiger partial charge in [-0.1, -0.05) is 18.5 Å². The molecule has 0 aliphatic carbocycles. The average Bonchev–Trinajstić information content (AvgIpc) is 2.70. The van der Waals surface area contributed by atoms with Crippen molar-refractivity contribution in [3.05, 3.63) is 29.2 Å². The molecule has 0 radical (unpaired) electrons. The third kappa shape index (κ3) is 1.86. The van der Waals surface area contributed by atoms with Gasteiger partial charge in [0.25, 0.3) is 0 Å². The number of rotatable bonds is 3. The molecule has 6 heteroatoms. The Morgan fingerprint density at radius 2 is 2.29 bits per heavy atom. The Labute approximate surface area is 103 Å². The van der Waals surface area contributed by atoms with Gasteiger partial charge in [-0.15, -0.1) is 0 Å². The molecule has 2 rings (SSSR count). The summed E-state index contributed by atoms with van der Waals surface area (Å²) in [5.41, 5.74) is 0.0766. The summed E-state index contributed by atoms with van der Waals surface area (Å²) >= 11 is 5.76. The molecule has 2 heterocycles. The first kappa shape index (κ1) is 11.9. The summed E-state index contributed by atoms with van der Waals surface area (Å²) in [4.78, 5) is 15.6. The standard InChI is InChI=1S/C11H12ClN3O2/c1-3-11(2,10(16)17)7-6-15-9(13-7)5-4-8(12)14-15/h4-6H,3H2,1-2H3,(H,16,17). The van der Waals surface area contributed by atoms with Crippen molar-refractivity contribution in [3.63, 3.8) is 0 Å². The molecule has 5 nitrogen and oxygen atoms in total. The van der Waals surface area contributed by atoms with Crippen LogP contribution in [0.4, 0.5) is 0 Å². The summed E-state index contributed by atoms with van der Waals surface area (Å²) in [5, 5.41) is 13.6. The fourth-order valence-corrected chi connectivity index (χ4v) is 1.71. The average molecular weight is 254 g/mol. The molecule has 1 atom stereocenters. The van der Waals surface area contributed by atoms with Crippen LogP contribution in [0.3, 0.4) is 0 Å². The van der Waals surface area contributed by atoms with Gasteiger partial charge in [-0.25, -0.2) is 9.50 Å². The van der Waals surface area contributed by atoms with Crippen molar-refractivity contribution in [1.82, 2.24) is 14.6 Å². The second-order valence-electron chi connectivity index (χ2n) is 4.08. The van der Waals surface area contributed by atoms with Crippen LogP contribution in [0.2, 0.25) is 5.15 Å². The van der Waals surface area contributed by atoms with Gasteiger partial charge in [0.05, 0.1) is 11.9 Å². The number of aliphatic carboxylic acids is 1. The Bertz CT molecular complexity index is 581. The number of hydrogen-bond donors (Lipinski definition) is 1. The molecule has 17 heavy (non-hydrogen) atoms. The third-order valence-corrected chi connectivity index (χ3v) is 3.23. The lowest BCUT2D eigenvalue weighted by atomic mass is 9.85. The Morgan fingerprint density at radius 3 is 2.88 bits per heavy atom. The zero-order chi connectivity index (χ0) is 12.6. The number of aromatic nitrogens is 3. The summed E-state index contributed by atoms with van der Waals surface area (Å²) < 4.78 is 1.49. The topological polar surface area (TPSA) is 67.5 Å². The quantitative estimate of drug-likeness (QED) is 0.910. The molecule has 2 aromatic rings. The maximum Gasteiger partial charge on any atom is 0.315 e. The van der Waals surface area contributed by atoms with E-state index in [1.807, 2.05) is 6.92 Å². The van der Waals surface area contributed by atoms with Crippen molar-refractivity contribution in [3.8, 4) is 0 Å². The van der Waals surface area contributed by atoms with Crippen molar-refractivity contribution in [1.29, 1.82) is 0 Å². The molecule has 0 fully saturated rings. The minimum absolute atomic E-state index is 0.343. The van der Waals surface area contributed by atoms with Gasteiger partial charge in [0, 0.05) is 0 Å². The van der Waals surface area contributed by atoms with Crippen LogP contribution in [0, 0.1) is 0 Å². The summed E-state index contributed by atoms with van der Waals surface area (Å²) in [6.07, 6.45) is 2.07. The van der Waals surface area contributed by atoms with E-state index in [0.29, 0.717) is 22.9 Å². The van der Waals surface area contributed by atoms with Crippen molar-refractivity contribution >= 4 is 23.2 Å². The summed E-state index contributed by atoms with van der Waals surface area (Å²) in [5.74, 6) is -0.894. The molecule has 0 aliphatic heterocycles. The SMILES string of the molecule is CCC(C)(C(=O)O)c1cn2nc(Cl)ccc2n1. The molecule has 0 saturated carbocycles. The zero-order valence-corrected chi connectivity index (χ0v) is 10.3. The summed E-state index contributed by atoms with van der Waals surface area (Å²) in [6.45, 7) is 3.47. The van der Waals surface area contributed by atoms with E-state index in [9.17, 15) is 9.90 Å². The van der Waals surface area contributed by atoms with Crippen LogP contribution in [-0.4, -0.2) is 25.7 Å². The number of carboxylic acid groups (broad SMARTS) is 1. The first-order valence-corrected chi connectivity index (χ1v) is 5.61. The maximum absolute atomic E-state index is 11.3. The second-order valence-corrected chi connectivity index (χ2v) is 4.46. The predicted molar refractivity (Wildman–Crippen MR) is 63.3 cm³/mol. The van der Waals surface area contributed by atoms with Crippen molar-refractivity contribution < 1.29 is 9.90 Å². The van der Waals surface area contributed by atoms with Gasteiger partial charge in [-0.2, -0.15) is 5.10 Å². The van der Waals surface area contributed by atoms with E-state index in [0.717, 1.165) is 0 Å². The molecule has 0 aliphatic rings. The number of carboxylic acids is 1. The molecule has 1 unspecified atom stereocenters. The van der Waals surface area contributed by atoms with Crippen LogP contribution in [0.5, 0.6) is 0 Å². The third-order valence-electron chi connectivity index (χ3n) is 3.03. The molecular formula is C11H12ClN3O2. The van der Waals surface area contributed by atoms with Gasteiger partial charge < -0.3 is 5.11 Å². The van der Waals surface area contributed by atoms with Crippen molar-refractivity contribution in [2.75, 3.05) is 0 Å². The number of nitrogens with zero attached hydrogens (tertiary/aromatic N) is 3. The molecule has 2 aromatic heterocycles. The van der Waals surface area contributed by atoms with Crippen LogP contribution < -0.4 is 0 Å². The van der Waals surface area contributed by atoms with Crippen molar-refractivity contribution in [2.24, 2.45) is 0 Å². The zero-order valence-electron chi connectivity index (χ0n) is 9.51. The monoisotopic (exact) mass is 253 g/mol. The maximum atomic E-state index is 11.3. The van der Waals surface area contributed by atoms with Crippen LogP contribution in [-0.2, 0) is 10.2 Å². The van der Waals surface area contributed by atoms with Gasteiger partial charge in [-0.3, -0.25) is 4.79 Å². The molecule has 1 N–H and O–H groups in total. The van der Waals surface area contributed by atoms with Gasteiger partial charge in [-0.05, 0) is 25.5 Å². The number of carbonyl (C=O) groups is 1. The van der Waals surface area contributed by atoms with E-state index >= 15 is 0 Å². The highest BCUT2D eigenvalue weighted by molar-refractivity contribution is 6.29. The fraction of sp³-hybridized carbons (Fsp3) is 0.364. The molecule has 0 amide bonds. The number of hydrogen-bond acceptors (Lipinski definition) is 3. The van der Waals surface area contributed by atoms with Gasteiger partial charge in [0.15, 0.2) is 5.65 Å². The van der Waals surface area contributed by atoms with E-state index in [1.165, 1.54) is 4.52 Å².